The number of carbonyl (C=O) groups is 1. The third-order valence-electron chi connectivity index (χ3n) is 3.35. The lowest BCUT2D eigenvalue weighted by molar-refractivity contribution is 0.104. The number of carbonyl (C=O) groups excluding carboxylic acids is 1. The first-order valence-corrected chi connectivity index (χ1v) is 6.50. The molecule has 1 aromatic carbocycles. The van der Waals surface area contributed by atoms with Gasteiger partial charge in [-0.1, -0.05) is 0 Å². The van der Waals surface area contributed by atoms with E-state index in [2.05, 4.69) is 5.10 Å². The molecule has 0 saturated heterocycles. The molecule has 0 radical (unpaired) electrons. The fraction of sp³-hybridized carbons (Fsp3) is 0.250. The predicted octanol–water partition coefficient (Wildman–Crippen LogP) is 2.64. The van der Waals surface area contributed by atoms with Gasteiger partial charge in [0.2, 0.25) is 0 Å². The summed E-state index contributed by atoms with van der Waals surface area (Å²) in [6, 6.07) is 5.43. The maximum Gasteiger partial charge on any atom is 0.189 e. The molecule has 1 heterocycles. The Morgan fingerprint density at radius 3 is 2.62 bits per heavy atom. The summed E-state index contributed by atoms with van der Waals surface area (Å²) in [4.78, 5) is 12.2. The Bertz CT molecular complexity index is 687. The van der Waals surface area contributed by atoms with E-state index in [-0.39, 0.29) is 5.78 Å². The van der Waals surface area contributed by atoms with Gasteiger partial charge < -0.3 is 9.47 Å². The predicted molar refractivity (Wildman–Crippen MR) is 80.9 cm³/mol. The zero-order valence-corrected chi connectivity index (χ0v) is 12.6. The van der Waals surface area contributed by atoms with Crippen molar-refractivity contribution in [3.05, 3.63) is 47.3 Å². The highest BCUT2D eigenvalue weighted by Crippen LogP contribution is 2.25. The molecular weight excluding hydrogens is 268 g/mol. The van der Waals surface area contributed by atoms with Gasteiger partial charge in [0.15, 0.2) is 5.78 Å². The van der Waals surface area contributed by atoms with Crippen LogP contribution < -0.4 is 9.47 Å². The molecule has 0 N–H and O–H groups in total. The van der Waals surface area contributed by atoms with Crippen molar-refractivity contribution >= 4 is 11.9 Å². The van der Waals surface area contributed by atoms with E-state index in [1.165, 1.54) is 6.08 Å². The van der Waals surface area contributed by atoms with Gasteiger partial charge >= 0.3 is 0 Å². The number of aromatic nitrogens is 2. The standard InChI is InChI=1S/C16H18N2O3/c1-11-14(10-17-18(11)2)15(19)7-5-12-9-13(20-3)6-8-16(12)21-4/h5-10H,1-4H3/b7-5+. The highest BCUT2D eigenvalue weighted by molar-refractivity contribution is 6.07. The van der Waals surface area contributed by atoms with Crippen LogP contribution in [0.4, 0.5) is 0 Å². The lowest BCUT2D eigenvalue weighted by Crippen LogP contribution is -1.98. The fourth-order valence-electron chi connectivity index (χ4n) is 1.97. The van der Waals surface area contributed by atoms with Crippen LogP contribution in [0, 0.1) is 6.92 Å². The second kappa shape index (κ2) is 6.26. The summed E-state index contributed by atoms with van der Waals surface area (Å²) in [6.45, 7) is 1.86. The smallest absolute Gasteiger partial charge is 0.189 e. The van der Waals surface area contributed by atoms with Gasteiger partial charge in [-0.3, -0.25) is 9.48 Å². The average molecular weight is 286 g/mol. The van der Waals surface area contributed by atoms with Gasteiger partial charge in [-0.25, -0.2) is 0 Å². The van der Waals surface area contributed by atoms with E-state index in [1.807, 2.05) is 19.1 Å². The summed E-state index contributed by atoms with van der Waals surface area (Å²) in [5, 5.41) is 4.07. The van der Waals surface area contributed by atoms with Gasteiger partial charge in [-0.15, -0.1) is 0 Å². The molecule has 0 bridgehead atoms. The van der Waals surface area contributed by atoms with Crippen molar-refractivity contribution in [2.75, 3.05) is 14.2 Å². The molecule has 1 aromatic heterocycles. The first kappa shape index (κ1) is 14.8. The Morgan fingerprint density at radius 2 is 2.05 bits per heavy atom. The monoisotopic (exact) mass is 286 g/mol. The first-order chi connectivity index (χ1) is 10.1. The molecule has 0 spiro atoms. The molecular formula is C16H18N2O3. The zero-order chi connectivity index (χ0) is 15.4. The van der Waals surface area contributed by atoms with E-state index in [0.29, 0.717) is 17.1 Å². The molecule has 5 heteroatoms. The van der Waals surface area contributed by atoms with Crippen LogP contribution in [-0.4, -0.2) is 29.8 Å². The number of ether oxygens (including phenoxy) is 2. The van der Waals surface area contributed by atoms with Crippen molar-refractivity contribution in [1.29, 1.82) is 0 Å². The van der Waals surface area contributed by atoms with Crippen LogP contribution in [-0.2, 0) is 7.05 Å². The van der Waals surface area contributed by atoms with E-state index in [4.69, 9.17) is 9.47 Å². The van der Waals surface area contributed by atoms with Crippen molar-refractivity contribution in [1.82, 2.24) is 9.78 Å². The Kier molecular flexibility index (Phi) is 4.42. The van der Waals surface area contributed by atoms with Crippen LogP contribution >= 0.6 is 0 Å². The number of ketones is 1. The number of benzene rings is 1. The molecule has 0 aliphatic rings. The largest absolute Gasteiger partial charge is 0.497 e. The molecule has 5 nitrogen and oxygen atoms in total. The van der Waals surface area contributed by atoms with Crippen LogP contribution in [0.3, 0.4) is 0 Å². The van der Waals surface area contributed by atoms with Crippen LogP contribution in [0.5, 0.6) is 11.5 Å². The van der Waals surface area contributed by atoms with Crippen molar-refractivity contribution in [3.63, 3.8) is 0 Å². The number of methoxy groups -OCH3 is 2. The summed E-state index contributed by atoms with van der Waals surface area (Å²) >= 11 is 0. The number of aryl methyl sites for hydroxylation is 1. The Balaban J connectivity index is 2.28. The normalized spacial score (nSPS) is 10.9. The summed E-state index contributed by atoms with van der Waals surface area (Å²) in [6.07, 6.45) is 4.81. The van der Waals surface area contributed by atoms with Gasteiger partial charge in [0.05, 0.1) is 26.0 Å². The van der Waals surface area contributed by atoms with Crippen LogP contribution in [0.2, 0.25) is 0 Å². The number of hydrogen-bond donors (Lipinski definition) is 0. The second-order valence-electron chi connectivity index (χ2n) is 4.57. The molecule has 0 aliphatic carbocycles. The Hall–Kier alpha value is -2.56. The molecule has 0 fully saturated rings. The summed E-state index contributed by atoms with van der Waals surface area (Å²) < 4.78 is 12.1. The molecule has 0 atom stereocenters. The van der Waals surface area contributed by atoms with Crippen molar-refractivity contribution < 1.29 is 14.3 Å². The Labute approximate surface area is 123 Å². The van der Waals surface area contributed by atoms with Crippen LogP contribution in [0.25, 0.3) is 6.08 Å². The lowest BCUT2D eigenvalue weighted by Gasteiger charge is -2.07. The molecule has 110 valence electrons. The molecule has 0 unspecified atom stereocenters. The third kappa shape index (κ3) is 3.13. The molecule has 2 rings (SSSR count). The molecule has 2 aromatic rings. The van der Waals surface area contributed by atoms with Gasteiger partial charge in [0.1, 0.15) is 11.5 Å². The number of allylic oxidation sites excluding steroid dienone is 1. The number of nitrogens with zero attached hydrogens (tertiary/aromatic N) is 2. The quantitative estimate of drug-likeness (QED) is 0.626. The first-order valence-electron chi connectivity index (χ1n) is 6.50. The summed E-state index contributed by atoms with van der Waals surface area (Å²) in [5.41, 5.74) is 2.21. The topological polar surface area (TPSA) is 53.4 Å². The Morgan fingerprint density at radius 1 is 1.29 bits per heavy atom. The number of rotatable bonds is 5. The van der Waals surface area contributed by atoms with Crippen molar-refractivity contribution in [2.45, 2.75) is 6.92 Å². The van der Waals surface area contributed by atoms with E-state index >= 15 is 0 Å². The minimum absolute atomic E-state index is 0.0922. The SMILES string of the molecule is COc1ccc(OC)c(/C=C/C(=O)c2cnn(C)c2C)c1. The van der Waals surface area contributed by atoms with Gasteiger partial charge in [-0.2, -0.15) is 5.10 Å². The van der Waals surface area contributed by atoms with Crippen molar-refractivity contribution in [2.24, 2.45) is 7.05 Å². The van der Waals surface area contributed by atoms with Gasteiger partial charge in [0.25, 0.3) is 0 Å². The van der Waals surface area contributed by atoms with Gasteiger partial charge in [0, 0.05) is 18.3 Å². The number of hydrogen-bond acceptors (Lipinski definition) is 4. The maximum atomic E-state index is 12.2. The van der Waals surface area contributed by atoms with Crippen molar-refractivity contribution in [3.8, 4) is 11.5 Å². The average Bonchev–Trinajstić information content (AvgIpc) is 2.84. The fourth-order valence-corrected chi connectivity index (χ4v) is 1.97. The third-order valence-corrected chi connectivity index (χ3v) is 3.35. The van der Waals surface area contributed by atoms with Crippen LogP contribution in [0.1, 0.15) is 21.6 Å². The molecule has 0 saturated carbocycles. The van der Waals surface area contributed by atoms with E-state index < -0.39 is 0 Å². The molecule has 0 amide bonds. The van der Waals surface area contributed by atoms with Crippen LogP contribution in [0.15, 0.2) is 30.5 Å². The molecule has 0 aliphatic heterocycles. The minimum Gasteiger partial charge on any atom is -0.497 e. The lowest BCUT2D eigenvalue weighted by atomic mass is 10.1. The second-order valence-corrected chi connectivity index (χ2v) is 4.57. The van der Waals surface area contributed by atoms with E-state index in [9.17, 15) is 4.79 Å². The minimum atomic E-state index is -0.0922. The molecule has 21 heavy (non-hydrogen) atoms. The maximum absolute atomic E-state index is 12.2. The van der Waals surface area contributed by atoms with Gasteiger partial charge in [-0.05, 0) is 37.3 Å². The summed E-state index contributed by atoms with van der Waals surface area (Å²) in [7, 11) is 4.99. The summed E-state index contributed by atoms with van der Waals surface area (Å²) in [5.74, 6) is 1.30. The highest BCUT2D eigenvalue weighted by Gasteiger charge is 2.10. The van der Waals surface area contributed by atoms with E-state index in [1.54, 1.807) is 44.3 Å². The van der Waals surface area contributed by atoms with E-state index in [0.717, 1.165) is 11.3 Å². The highest BCUT2D eigenvalue weighted by atomic mass is 16.5. The zero-order valence-electron chi connectivity index (χ0n) is 12.6.